The molecule has 2 rings (SSSR count). The summed E-state index contributed by atoms with van der Waals surface area (Å²) in [5.74, 6) is 1.70. The number of nitrogens with zero attached hydrogens (tertiary/aromatic N) is 3. The minimum absolute atomic E-state index is 0. The summed E-state index contributed by atoms with van der Waals surface area (Å²) in [4.78, 5) is 10.9. The number of halogens is 2. The average molecular weight is 496 g/mol. The van der Waals surface area contributed by atoms with Crippen molar-refractivity contribution in [1.29, 1.82) is 0 Å². The molecule has 2 heterocycles. The summed E-state index contributed by atoms with van der Waals surface area (Å²) in [6.07, 6.45) is 6.11. The molecule has 1 saturated heterocycles. The number of pyridine rings is 1. The Labute approximate surface area is 179 Å². The molecule has 148 valence electrons. The van der Waals surface area contributed by atoms with Crippen molar-refractivity contribution in [2.45, 2.75) is 38.6 Å². The molecular weight excluding hydrogens is 465 g/mol. The van der Waals surface area contributed by atoms with E-state index in [-0.39, 0.29) is 24.0 Å². The molecule has 0 saturated carbocycles. The van der Waals surface area contributed by atoms with Crippen LogP contribution in [-0.2, 0) is 4.74 Å². The number of aromatic nitrogens is 1. The first-order valence-corrected chi connectivity index (χ1v) is 9.52. The van der Waals surface area contributed by atoms with E-state index in [2.05, 4.69) is 32.4 Å². The molecule has 0 amide bonds. The van der Waals surface area contributed by atoms with Crippen LogP contribution in [0, 0.1) is 0 Å². The van der Waals surface area contributed by atoms with Crippen LogP contribution in [0.1, 0.15) is 32.6 Å². The van der Waals surface area contributed by atoms with Gasteiger partial charge in [0.1, 0.15) is 5.82 Å². The molecule has 6 nitrogen and oxygen atoms in total. The van der Waals surface area contributed by atoms with Gasteiger partial charge in [0.05, 0.1) is 5.02 Å². The highest BCUT2D eigenvalue weighted by atomic mass is 127. The largest absolute Gasteiger partial charge is 0.381 e. The Balaban J connectivity index is 0.00000338. The van der Waals surface area contributed by atoms with Crippen LogP contribution in [0.2, 0.25) is 5.02 Å². The summed E-state index contributed by atoms with van der Waals surface area (Å²) in [5, 5.41) is 7.54. The molecule has 26 heavy (non-hydrogen) atoms. The number of ether oxygens (including phenoxy) is 1. The molecular formula is C18H31ClIN5O. The average Bonchev–Trinajstić information content (AvgIpc) is 3.08. The molecule has 1 fully saturated rings. The third-order valence-corrected chi connectivity index (χ3v) is 4.49. The van der Waals surface area contributed by atoms with Crippen LogP contribution in [0.5, 0.6) is 0 Å². The van der Waals surface area contributed by atoms with E-state index in [0.717, 1.165) is 63.9 Å². The predicted molar refractivity (Wildman–Crippen MR) is 120 cm³/mol. The molecule has 2 N–H and O–H groups in total. The number of anilines is 1. The normalized spacial score (nSPS) is 17.1. The van der Waals surface area contributed by atoms with Crippen LogP contribution in [0.4, 0.5) is 5.82 Å². The molecule has 0 aromatic carbocycles. The molecule has 0 spiro atoms. The van der Waals surface area contributed by atoms with E-state index >= 15 is 0 Å². The molecule has 0 radical (unpaired) electrons. The fourth-order valence-electron chi connectivity index (χ4n) is 2.80. The quantitative estimate of drug-likeness (QED) is 0.238. The Hall–Kier alpha value is -0.800. The number of nitrogens with one attached hydrogen (secondary N) is 2. The van der Waals surface area contributed by atoms with Gasteiger partial charge in [-0.2, -0.15) is 0 Å². The minimum Gasteiger partial charge on any atom is -0.381 e. The van der Waals surface area contributed by atoms with Gasteiger partial charge < -0.3 is 20.3 Å². The molecule has 0 bridgehead atoms. The lowest BCUT2D eigenvalue weighted by Crippen LogP contribution is -2.45. The maximum Gasteiger partial charge on any atom is 0.191 e. The summed E-state index contributed by atoms with van der Waals surface area (Å²) in [5.41, 5.74) is 0. The standard InChI is InChI=1S/C18H30ClN5O.HI/c1-3-4-12-25-13-6-10-22-18(20-2)23-15-8-11-24(14-15)17-16(19)7-5-9-21-17;/h5,7,9,15H,3-4,6,8,10-14H2,1-2H3,(H2,20,22,23);1H. The van der Waals surface area contributed by atoms with Crippen molar-refractivity contribution >= 4 is 47.4 Å². The molecule has 1 aliphatic heterocycles. The maximum absolute atomic E-state index is 6.24. The van der Waals surface area contributed by atoms with Gasteiger partial charge in [-0.1, -0.05) is 24.9 Å². The summed E-state index contributed by atoms with van der Waals surface area (Å²) >= 11 is 6.24. The lowest BCUT2D eigenvalue weighted by molar-refractivity contribution is 0.129. The molecule has 1 aromatic rings. The van der Waals surface area contributed by atoms with Crippen molar-refractivity contribution in [2.75, 3.05) is 44.8 Å². The van der Waals surface area contributed by atoms with Crippen molar-refractivity contribution < 1.29 is 4.74 Å². The zero-order valence-corrected chi connectivity index (χ0v) is 18.8. The molecule has 1 atom stereocenters. The zero-order valence-electron chi connectivity index (χ0n) is 15.7. The number of hydrogen-bond donors (Lipinski definition) is 2. The monoisotopic (exact) mass is 495 g/mol. The smallest absolute Gasteiger partial charge is 0.191 e. The first kappa shape index (κ1) is 23.2. The number of aliphatic imine (C=N–C) groups is 1. The van der Waals surface area contributed by atoms with Gasteiger partial charge in [0.2, 0.25) is 0 Å². The van der Waals surface area contributed by atoms with Gasteiger partial charge in [0.15, 0.2) is 5.96 Å². The van der Waals surface area contributed by atoms with Gasteiger partial charge in [-0.3, -0.25) is 4.99 Å². The van der Waals surface area contributed by atoms with Crippen LogP contribution >= 0.6 is 35.6 Å². The third kappa shape index (κ3) is 7.84. The van der Waals surface area contributed by atoms with Gasteiger partial charge in [-0.15, -0.1) is 24.0 Å². The first-order valence-electron chi connectivity index (χ1n) is 9.15. The van der Waals surface area contributed by atoms with Crippen molar-refractivity contribution in [3.63, 3.8) is 0 Å². The first-order chi connectivity index (χ1) is 12.2. The SMILES string of the molecule is CCCCOCCCNC(=NC)NC1CCN(c2ncccc2Cl)C1.I. The Morgan fingerprint density at radius 1 is 1.42 bits per heavy atom. The fourth-order valence-corrected chi connectivity index (χ4v) is 3.04. The summed E-state index contributed by atoms with van der Waals surface area (Å²) in [7, 11) is 1.80. The highest BCUT2D eigenvalue weighted by Gasteiger charge is 2.25. The zero-order chi connectivity index (χ0) is 17.9. The molecule has 8 heteroatoms. The summed E-state index contributed by atoms with van der Waals surface area (Å²) < 4.78 is 5.57. The van der Waals surface area contributed by atoms with E-state index < -0.39 is 0 Å². The van der Waals surface area contributed by atoms with Crippen molar-refractivity contribution in [3.05, 3.63) is 23.4 Å². The second-order valence-corrected chi connectivity index (χ2v) is 6.61. The van der Waals surface area contributed by atoms with Crippen LogP contribution < -0.4 is 15.5 Å². The Kier molecular flexibility index (Phi) is 12.0. The number of hydrogen-bond acceptors (Lipinski definition) is 4. The molecule has 1 aromatic heterocycles. The van der Waals surface area contributed by atoms with E-state index in [4.69, 9.17) is 16.3 Å². The maximum atomic E-state index is 6.24. The second-order valence-electron chi connectivity index (χ2n) is 6.20. The fraction of sp³-hybridized carbons (Fsp3) is 0.667. The van der Waals surface area contributed by atoms with E-state index in [1.807, 2.05) is 12.1 Å². The minimum atomic E-state index is 0. The topological polar surface area (TPSA) is 61.8 Å². The van der Waals surface area contributed by atoms with Crippen LogP contribution in [-0.4, -0.2) is 56.9 Å². The highest BCUT2D eigenvalue weighted by molar-refractivity contribution is 14.0. The number of rotatable bonds is 9. The Bertz CT molecular complexity index is 546. The molecule has 1 aliphatic rings. The van der Waals surface area contributed by atoms with Crippen molar-refractivity contribution in [1.82, 2.24) is 15.6 Å². The van der Waals surface area contributed by atoms with Crippen LogP contribution in [0.25, 0.3) is 0 Å². The van der Waals surface area contributed by atoms with Crippen LogP contribution in [0.3, 0.4) is 0 Å². The van der Waals surface area contributed by atoms with Crippen LogP contribution in [0.15, 0.2) is 23.3 Å². The Morgan fingerprint density at radius 2 is 2.23 bits per heavy atom. The molecule has 0 aliphatic carbocycles. The van der Waals surface area contributed by atoms with Gasteiger partial charge in [-0.25, -0.2) is 4.98 Å². The number of guanidine groups is 1. The van der Waals surface area contributed by atoms with Crippen molar-refractivity contribution in [2.24, 2.45) is 4.99 Å². The lowest BCUT2D eigenvalue weighted by Gasteiger charge is -2.20. The van der Waals surface area contributed by atoms with Gasteiger partial charge in [0.25, 0.3) is 0 Å². The Morgan fingerprint density at radius 3 is 2.96 bits per heavy atom. The highest BCUT2D eigenvalue weighted by Crippen LogP contribution is 2.25. The van der Waals surface area contributed by atoms with Gasteiger partial charge in [0, 0.05) is 52.1 Å². The van der Waals surface area contributed by atoms with E-state index in [9.17, 15) is 0 Å². The number of unbranched alkanes of at least 4 members (excludes halogenated alkanes) is 1. The van der Waals surface area contributed by atoms with E-state index in [1.165, 1.54) is 6.42 Å². The third-order valence-electron chi connectivity index (χ3n) is 4.19. The summed E-state index contributed by atoms with van der Waals surface area (Å²) in [6.45, 7) is 6.49. The second kappa shape index (κ2) is 13.4. The van der Waals surface area contributed by atoms with Gasteiger partial charge in [-0.05, 0) is 31.4 Å². The lowest BCUT2D eigenvalue weighted by atomic mass is 10.3. The van der Waals surface area contributed by atoms with Gasteiger partial charge >= 0.3 is 0 Å². The van der Waals surface area contributed by atoms with E-state index in [1.54, 1.807) is 13.2 Å². The van der Waals surface area contributed by atoms with Crippen molar-refractivity contribution in [3.8, 4) is 0 Å². The molecule has 1 unspecified atom stereocenters. The van der Waals surface area contributed by atoms with E-state index in [0.29, 0.717) is 11.1 Å². The summed E-state index contributed by atoms with van der Waals surface area (Å²) in [6, 6.07) is 4.08. The predicted octanol–water partition coefficient (Wildman–Crippen LogP) is 3.30.